The van der Waals surface area contributed by atoms with E-state index in [1.54, 1.807) is 44.4 Å². The van der Waals surface area contributed by atoms with E-state index in [9.17, 15) is 14.4 Å². The second-order valence-electron chi connectivity index (χ2n) is 6.53. The fraction of sp³-hybridized carbons (Fsp3) is 0.200. The van der Waals surface area contributed by atoms with Crippen molar-refractivity contribution in [2.45, 2.75) is 13.3 Å². The van der Waals surface area contributed by atoms with Gasteiger partial charge in [-0.15, -0.1) is 0 Å². The number of nitrogens with zero attached hydrogens (tertiary/aromatic N) is 2. The van der Waals surface area contributed by atoms with Crippen LogP contribution in [0, 0.1) is 5.92 Å². The van der Waals surface area contributed by atoms with Crippen LogP contribution in [-0.4, -0.2) is 29.8 Å². The lowest BCUT2D eigenvalue weighted by Gasteiger charge is -2.15. The van der Waals surface area contributed by atoms with Crippen LogP contribution in [0.2, 0.25) is 0 Å². The number of fused-ring (bicyclic) bond motifs is 1. The topological polar surface area (TPSA) is 88.6 Å². The highest BCUT2D eigenvalue weighted by molar-refractivity contribution is 7.22. The van der Waals surface area contributed by atoms with Crippen molar-refractivity contribution in [2.24, 2.45) is 5.92 Å². The van der Waals surface area contributed by atoms with Crippen LogP contribution >= 0.6 is 11.3 Å². The molecule has 1 aliphatic rings. The molecule has 0 aliphatic carbocycles. The Morgan fingerprint density at radius 1 is 1.25 bits per heavy atom. The van der Waals surface area contributed by atoms with Crippen molar-refractivity contribution in [1.82, 2.24) is 4.98 Å². The minimum Gasteiger partial charge on any atom is -0.497 e. The quantitative estimate of drug-likeness (QED) is 0.684. The van der Waals surface area contributed by atoms with Crippen LogP contribution in [0.5, 0.6) is 5.75 Å². The first-order valence-electron chi connectivity index (χ1n) is 8.69. The fourth-order valence-corrected chi connectivity index (χ4v) is 3.94. The van der Waals surface area contributed by atoms with E-state index < -0.39 is 0 Å². The van der Waals surface area contributed by atoms with Crippen molar-refractivity contribution in [1.29, 1.82) is 0 Å². The Bertz CT molecular complexity index is 1110. The van der Waals surface area contributed by atoms with Crippen LogP contribution in [0.1, 0.15) is 23.7 Å². The SMILES string of the molecule is COc1ccc2sc(NC(=O)c3cccc(N4C(=O)C[C@H](C)C4=O)c3)nc2c1. The number of aromatic nitrogens is 1. The van der Waals surface area contributed by atoms with E-state index in [1.807, 2.05) is 12.1 Å². The van der Waals surface area contributed by atoms with Gasteiger partial charge < -0.3 is 4.74 Å². The Labute approximate surface area is 164 Å². The standard InChI is InChI=1S/C20H17N3O4S/c1-11-8-17(24)23(19(11)26)13-5-3-4-12(9-13)18(25)22-20-21-15-10-14(27-2)6-7-16(15)28-20/h3-7,9-11H,8H2,1-2H3,(H,21,22,25)/t11-/m0/s1. The normalized spacial score (nSPS) is 16.6. The predicted octanol–water partition coefficient (Wildman–Crippen LogP) is 3.46. The second kappa shape index (κ2) is 7.05. The molecule has 1 aromatic heterocycles. The summed E-state index contributed by atoms with van der Waals surface area (Å²) < 4.78 is 6.11. The molecule has 0 saturated carbocycles. The van der Waals surface area contributed by atoms with Gasteiger partial charge in [-0.2, -0.15) is 0 Å². The number of imide groups is 1. The van der Waals surface area contributed by atoms with Crippen molar-refractivity contribution < 1.29 is 19.1 Å². The third kappa shape index (κ3) is 3.22. The van der Waals surface area contributed by atoms with E-state index >= 15 is 0 Å². The van der Waals surface area contributed by atoms with Gasteiger partial charge in [0.15, 0.2) is 5.13 Å². The molecule has 142 valence electrons. The third-order valence-corrected chi connectivity index (χ3v) is 5.51. The Balaban J connectivity index is 1.57. The number of rotatable bonds is 4. The number of ether oxygens (including phenoxy) is 1. The monoisotopic (exact) mass is 395 g/mol. The first kappa shape index (κ1) is 18.1. The highest BCUT2D eigenvalue weighted by Gasteiger charge is 2.36. The van der Waals surface area contributed by atoms with Crippen molar-refractivity contribution in [3.8, 4) is 5.75 Å². The number of thiazole rings is 1. The molecule has 8 heteroatoms. The van der Waals surface area contributed by atoms with Crippen molar-refractivity contribution in [3.05, 3.63) is 48.0 Å². The van der Waals surface area contributed by atoms with Crippen molar-refractivity contribution in [2.75, 3.05) is 17.3 Å². The Kier molecular flexibility index (Phi) is 4.56. The van der Waals surface area contributed by atoms with Crippen LogP contribution < -0.4 is 15.0 Å². The lowest BCUT2D eigenvalue weighted by atomic mass is 10.1. The minimum atomic E-state index is -0.361. The maximum absolute atomic E-state index is 12.7. The zero-order valence-electron chi connectivity index (χ0n) is 15.3. The average Bonchev–Trinajstić information content (AvgIpc) is 3.20. The number of carbonyl (C=O) groups is 3. The molecule has 28 heavy (non-hydrogen) atoms. The molecule has 1 saturated heterocycles. The predicted molar refractivity (Wildman–Crippen MR) is 107 cm³/mol. The molecule has 0 unspecified atom stereocenters. The molecule has 3 aromatic rings. The van der Waals surface area contributed by atoms with E-state index in [-0.39, 0.29) is 30.1 Å². The first-order chi connectivity index (χ1) is 13.5. The van der Waals surface area contributed by atoms with Crippen LogP contribution in [0.4, 0.5) is 10.8 Å². The molecule has 1 aliphatic heterocycles. The van der Waals surface area contributed by atoms with E-state index in [2.05, 4.69) is 10.3 Å². The smallest absolute Gasteiger partial charge is 0.257 e. The van der Waals surface area contributed by atoms with Gasteiger partial charge in [0.1, 0.15) is 5.75 Å². The first-order valence-corrected chi connectivity index (χ1v) is 9.50. The summed E-state index contributed by atoms with van der Waals surface area (Å²) in [6.45, 7) is 1.72. The molecule has 7 nitrogen and oxygen atoms in total. The van der Waals surface area contributed by atoms with Crippen molar-refractivity contribution >= 4 is 50.1 Å². The maximum atomic E-state index is 12.7. The maximum Gasteiger partial charge on any atom is 0.257 e. The number of amides is 3. The highest BCUT2D eigenvalue weighted by atomic mass is 32.1. The molecular weight excluding hydrogens is 378 g/mol. The number of anilines is 2. The summed E-state index contributed by atoms with van der Waals surface area (Å²) in [5, 5.41) is 3.23. The Hall–Kier alpha value is -3.26. The van der Waals surface area contributed by atoms with Gasteiger partial charge >= 0.3 is 0 Å². The van der Waals surface area contributed by atoms with Gasteiger partial charge in [-0.1, -0.05) is 24.3 Å². The molecule has 1 atom stereocenters. The van der Waals surface area contributed by atoms with Gasteiger partial charge in [0.25, 0.3) is 5.91 Å². The summed E-state index contributed by atoms with van der Waals surface area (Å²) in [6, 6.07) is 12.0. The largest absolute Gasteiger partial charge is 0.497 e. The molecule has 0 radical (unpaired) electrons. The summed E-state index contributed by atoms with van der Waals surface area (Å²) >= 11 is 1.35. The van der Waals surface area contributed by atoms with E-state index in [1.165, 1.54) is 11.3 Å². The zero-order valence-corrected chi connectivity index (χ0v) is 16.1. The van der Waals surface area contributed by atoms with Gasteiger partial charge in [0.05, 0.1) is 23.0 Å². The van der Waals surface area contributed by atoms with Crippen LogP contribution in [-0.2, 0) is 9.59 Å². The number of carbonyl (C=O) groups excluding carboxylic acids is 3. The summed E-state index contributed by atoms with van der Waals surface area (Å²) in [7, 11) is 1.58. The third-order valence-electron chi connectivity index (χ3n) is 4.55. The Morgan fingerprint density at radius 3 is 2.79 bits per heavy atom. The highest BCUT2D eigenvalue weighted by Crippen LogP contribution is 2.30. The summed E-state index contributed by atoms with van der Waals surface area (Å²) in [5.74, 6) is -0.514. The number of hydrogen-bond donors (Lipinski definition) is 1. The van der Waals surface area contributed by atoms with E-state index in [4.69, 9.17) is 4.74 Å². The van der Waals surface area contributed by atoms with Crippen LogP contribution in [0.15, 0.2) is 42.5 Å². The molecule has 4 rings (SSSR count). The van der Waals surface area contributed by atoms with Gasteiger partial charge in [-0.05, 0) is 30.3 Å². The van der Waals surface area contributed by atoms with Gasteiger partial charge in [0, 0.05) is 24.0 Å². The molecule has 2 heterocycles. The summed E-state index contributed by atoms with van der Waals surface area (Å²) in [4.78, 5) is 42.5. The number of nitrogens with one attached hydrogen (secondary N) is 1. The zero-order chi connectivity index (χ0) is 19.8. The van der Waals surface area contributed by atoms with Gasteiger partial charge in [-0.3, -0.25) is 24.6 Å². The lowest BCUT2D eigenvalue weighted by Crippen LogP contribution is -2.30. The molecule has 1 fully saturated rings. The number of benzene rings is 2. The average molecular weight is 395 g/mol. The molecule has 0 spiro atoms. The molecule has 2 aromatic carbocycles. The number of methoxy groups -OCH3 is 1. The minimum absolute atomic E-state index is 0.185. The number of hydrogen-bond acceptors (Lipinski definition) is 6. The molecule has 3 amide bonds. The molecule has 1 N–H and O–H groups in total. The van der Waals surface area contributed by atoms with E-state index in [0.29, 0.717) is 22.1 Å². The lowest BCUT2D eigenvalue weighted by molar-refractivity contribution is -0.122. The van der Waals surface area contributed by atoms with E-state index in [0.717, 1.165) is 15.1 Å². The molecular formula is C20H17N3O4S. The van der Waals surface area contributed by atoms with Gasteiger partial charge in [0.2, 0.25) is 11.8 Å². The summed E-state index contributed by atoms with van der Waals surface area (Å²) in [6.07, 6.45) is 0.185. The van der Waals surface area contributed by atoms with Crippen molar-refractivity contribution in [3.63, 3.8) is 0 Å². The molecule has 0 bridgehead atoms. The second-order valence-corrected chi connectivity index (χ2v) is 7.56. The fourth-order valence-electron chi connectivity index (χ4n) is 3.10. The van der Waals surface area contributed by atoms with Crippen LogP contribution in [0.3, 0.4) is 0 Å². The Morgan fingerprint density at radius 2 is 2.07 bits per heavy atom. The van der Waals surface area contributed by atoms with Crippen LogP contribution in [0.25, 0.3) is 10.2 Å². The summed E-state index contributed by atoms with van der Waals surface area (Å²) in [5.41, 5.74) is 1.48. The van der Waals surface area contributed by atoms with Gasteiger partial charge in [-0.25, -0.2) is 4.98 Å².